The highest BCUT2D eigenvalue weighted by molar-refractivity contribution is 5.98. The van der Waals surface area contributed by atoms with Gasteiger partial charge in [0.1, 0.15) is 0 Å². The summed E-state index contributed by atoms with van der Waals surface area (Å²) in [7, 11) is 0. The first-order chi connectivity index (χ1) is 5.57. The summed E-state index contributed by atoms with van der Waals surface area (Å²) in [6.07, 6.45) is -0.889. The van der Waals surface area contributed by atoms with Crippen LogP contribution in [0.4, 0.5) is 0 Å². The first-order valence-corrected chi connectivity index (χ1v) is 3.80. The molecule has 1 aliphatic carbocycles. The third kappa shape index (κ3) is 1.41. The van der Waals surface area contributed by atoms with Crippen molar-refractivity contribution in [3.8, 4) is 0 Å². The lowest BCUT2D eigenvalue weighted by molar-refractivity contribution is -0.126. The van der Waals surface area contributed by atoms with E-state index >= 15 is 0 Å². The number of Topliss-reactive ketones (excluding diaryl/α,β-unsaturated/α-hetero) is 1. The Morgan fingerprint density at radius 3 is 2.58 bits per heavy atom. The molecule has 0 aromatic carbocycles. The van der Waals surface area contributed by atoms with E-state index in [0.29, 0.717) is 0 Å². The number of aliphatic hydroxyl groups excluding tert-OH is 3. The summed E-state index contributed by atoms with van der Waals surface area (Å²) in [5.41, 5.74) is 0.181. The van der Waals surface area contributed by atoms with E-state index in [-0.39, 0.29) is 18.0 Å². The molecular formula is C8H12O4. The van der Waals surface area contributed by atoms with E-state index in [2.05, 4.69) is 0 Å². The van der Waals surface area contributed by atoms with Crippen LogP contribution in [0.3, 0.4) is 0 Å². The van der Waals surface area contributed by atoms with Crippen molar-refractivity contribution in [1.29, 1.82) is 0 Å². The zero-order valence-electron chi connectivity index (χ0n) is 6.77. The van der Waals surface area contributed by atoms with E-state index in [1.807, 2.05) is 0 Å². The van der Waals surface area contributed by atoms with Crippen LogP contribution in [0, 0.1) is 5.92 Å². The average molecular weight is 172 g/mol. The van der Waals surface area contributed by atoms with E-state index in [9.17, 15) is 15.0 Å². The molecule has 0 aromatic heterocycles. The van der Waals surface area contributed by atoms with E-state index in [4.69, 9.17) is 5.11 Å². The van der Waals surface area contributed by atoms with Gasteiger partial charge in [0.25, 0.3) is 0 Å². The Kier molecular flexibility index (Phi) is 2.62. The molecular weight excluding hydrogens is 160 g/mol. The van der Waals surface area contributed by atoms with E-state index in [1.54, 1.807) is 0 Å². The van der Waals surface area contributed by atoms with Gasteiger partial charge in [0.15, 0.2) is 5.78 Å². The quantitative estimate of drug-likeness (QED) is 0.466. The molecule has 0 unspecified atom stereocenters. The monoisotopic (exact) mass is 172 g/mol. The largest absolute Gasteiger partial charge is 0.392 e. The molecule has 0 saturated heterocycles. The Balaban J connectivity index is 2.92. The molecule has 0 aliphatic heterocycles. The molecule has 0 aromatic rings. The average Bonchev–Trinajstić information content (AvgIpc) is 2.08. The molecule has 0 amide bonds. The predicted octanol–water partition coefficient (Wildman–Crippen LogP) is -1.15. The van der Waals surface area contributed by atoms with E-state index in [1.165, 1.54) is 13.0 Å². The summed E-state index contributed by atoms with van der Waals surface area (Å²) in [6, 6.07) is 0. The minimum atomic E-state index is -1.05. The third-order valence-corrected chi connectivity index (χ3v) is 2.13. The molecule has 3 N–H and O–H groups in total. The van der Waals surface area contributed by atoms with Crippen molar-refractivity contribution in [1.82, 2.24) is 0 Å². The van der Waals surface area contributed by atoms with Gasteiger partial charge in [-0.2, -0.15) is 0 Å². The van der Waals surface area contributed by atoms with Gasteiger partial charge in [-0.05, 0) is 6.08 Å². The number of ketones is 1. The van der Waals surface area contributed by atoms with E-state index in [0.717, 1.165) is 0 Å². The predicted molar refractivity (Wildman–Crippen MR) is 41.4 cm³/mol. The Bertz CT molecular complexity index is 221. The Morgan fingerprint density at radius 1 is 1.50 bits per heavy atom. The number of hydrogen-bond acceptors (Lipinski definition) is 4. The Labute approximate surface area is 70.1 Å². The molecule has 3 atom stereocenters. The van der Waals surface area contributed by atoms with Crippen molar-refractivity contribution >= 4 is 5.78 Å². The van der Waals surface area contributed by atoms with Crippen LogP contribution in [0.25, 0.3) is 0 Å². The van der Waals surface area contributed by atoms with Crippen molar-refractivity contribution in [3.05, 3.63) is 11.6 Å². The van der Waals surface area contributed by atoms with Crippen molar-refractivity contribution in [2.75, 3.05) is 6.61 Å². The lowest BCUT2D eigenvalue weighted by atomic mass is 9.85. The lowest BCUT2D eigenvalue weighted by Crippen LogP contribution is -2.40. The molecule has 4 nitrogen and oxygen atoms in total. The Hall–Kier alpha value is -0.710. The molecule has 4 heteroatoms. The van der Waals surface area contributed by atoms with Crippen LogP contribution in [0.5, 0.6) is 0 Å². The van der Waals surface area contributed by atoms with Gasteiger partial charge in [-0.1, -0.05) is 6.92 Å². The zero-order valence-corrected chi connectivity index (χ0v) is 6.77. The highest BCUT2D eigenvalue weighted by Gasteiger charge is 2.33. The van der Waals surface area contributed by atoms with Crippen LogP contribution < -0.4 is 0 Å². The fourth-order valence-electron chi connectivity index (χ4n) is 1.26. The van der Waals surface area contributed by atoms with E-state index < -0.39 is 18.1 Å². The second-order valence-electron chi connectivity index (χ2n) is 2.98. The smallest absolute Gasteiger partial charge is 0.166 e. The summed E-state index contributed by atoms with van der Waals surface area (Å²) in [6.45, 7) is 1.14. The maximum Gasteiger partial charge on any atom is 0.166 e. The van der Waals surface area contributed by atoms with Crippen molar-refractivity contribution in [3.63, 3.8) is 0 Å². The summed E-state index contributed by atoms with van der Waals surface area (Å²) in [4.78, 5) is 11.2. The second-order valence-corrected chi connectivity index (χ2v) is 2.98. The Morgan fingerprint density at radius 2 is 2.08 bits per heavy atom. The normalized spacial score (nSPS) is 36.5. The number of hydrogen-bond donors (Lipinski definition) is 3. The van der Waals surface area contributed by atoms with Crippen molar-refractivity contribution < 1.29 is 20.1 Å². The van der Waals surface area contributed by atoms with Crippen LogP contribution in [0.2, 0.25) is 0 Å². The van der Waals surface area contributed by atoms with Gasteiger partial charge in [0, 0.05) is 11.5 Å². The van der Waals surface area contributed by atoms with Crippen LogP contribution in [-0.4, -0.2) is 39.9 Å². The molecule has 68 valence electrons. The maximum absolute atomic E-state index is 11.2. The summed E-state index contributed by atoms with van der Waals surface area (Å²) in [5, 5.41) is 27.1. The molecule has 0 heterocycles. The SMILES string of the molecule is C[C@H]1C(=O)C(CO)=C[C@H](O)[C@H]1O. The van der Waals surface area contributed by atoms with Gasteiger partial charge in [-0.15, -0.1) is 0 Å². The summed E-state index contributed by atoms with van der Waals surface area (Å²) in [5.74, 6) is -0.928. The van der Waals surface area contributed by atoms with Gasteiger partial charge in [0.05, 0.1) is 18.8 Å². The molecule has 1 rings (SSSR count). The van der Waals surface area contributed by atoms with Crippen LogP contribution >= 0.6 is 0 Å². The first-order valence-electron chi connectivity index (χ1n) is 3.80. The number of carbonyl (C=O) groups is 1. The first kappa shape index (κ1) is 9.38. The minimum absolute atomic E-state index is 0.181. The van der Waals surface area contributed by atoms with Gasteiger partial charge in [0.2, 0.25) is 0 Å². The number of rotatable bonds is 1. The van der Waals surface area contributed by atoms with Gasteiger partial charge < -0.3 is 15.3 Å². The molecule has 12 heavy (non-hydrogen) atoms. The van der Waals surface area contributed by atoms with Gasteiger partial charge in [-0.3, -0.25) is 4.79 Å². The highest BCUT2D eigenvalue weighted by atomic mass is 16.3. The fraction of sp³-hybridized carbons (Fsp3) is 0.625. The minimum Gasteiger partial charge on any atom is -0.392 e. The molecule has 0 fully saturated rings. The second kappa shape index (κ2) is 3.35. The molecule has 0 bridgehead atoms. The molecule has 0 saturated carbocycles. The lowest BCUT2D eigenvalue weighted by Gasteiger charge is -2.26. The van der Waals surface area contributed by atoms with Crippen molar-refractivity contribution in [2.24, 2.45) is 5.92 Å². The molecule has 1 aliphatic rings. The van der Waals surface area contributed by atoms with Gasteiger partial charge >= 0.3 is 0 Å². The van der Waals surface area contributed by atoms with Crippen LogP contribution in [0.15, 0.2) is 11.6 Å². The topological polar surface area (TPSA) is 77.8 Å². The standard InChI is InChI=1S/C8H12O4/c1-4-7(11)5(3-9)2-6(10)8(4)12/h2,4,6,8-10,12H,3H2,1H3/t4-,6-,8-/m0/s1. The summed E-state index contributed by atoms with van der Waals surface area (Å²) < 4.78 is 0. The van der Waals surface area contributed by atoms with Crippen LogP contribution in [0.1, 0.15) is 6.92 Å². The number of aliphatic hydroxyl groups is 3. The highest BCUT2D eigenvalue weighted by Crippen LogP contribution is 2.20. The van der Waals surface area contributed by atoms with Crippen LogP contribution in [-0.2, 0) is 4.79 Å². The zero-order chi connectivity index (χ0) is 9.30. The molecule has 0 spiro atoms. The van der Waals surface area contributed by atoms with Crippen molar-refractivity contribution in [2.45, 2.75) is 19.1 Å². The summed E-state index contributed by atoms with van der Waals surface area (Å²) >= 11 is 0. The number of carbonyl (C=O) groups excluding carboxylic acids is 1. The fourth-order valence-corrected chi connectivity index (χ4v) is 1.26. The van der Waals surface area contributed by atoms with Gasteiger partial charge in [-0.25, -0.2) is 0 Å². The molecule has 0 radical (unpaired) electrons. The maximum atomic E-state index is 11.2. The third-order valence-electron chi connectivity index (χ3n) is 2.13.